The maximum absolute atomic E-state index is 12.1. The molecule has 0 unspecified atom stereocenters. The normalized spacial score (nSPS) is 20.4. The minimum atomic E-state index is -0.00684. The third kappa shape index (κ3) is 2.64. The zero-order chi connectivity index (χ0) is 17.6. The summed E-state index contributed by atoms with van der Waals surface area (Å²) in [6.45, 7) is 1.59. The first-order chi connectivity index (χ1) is 12.1. The number of nitrogens with zero attached hydrogens (tertiary/aromatic N) is 4. The molecule has 0 amide bonds. The van der Waals surface area contributed by atoms with Crippen LogP contribution in [-0.4, -0.2) is 32.1 Å². The van der Waals surface area contributed by atoms with Crippen LogP contribution < -0.4 is 11.0 Å². The molecule has 3 aromatic rings. The Morgan fingerprint density at radius 2 is 2.00 bits per heavy atom. The summed E-state index contributed by atoms with van der Waals surface area (Å²) >= 11 is 0. The molecule has 1 aromatic carbocycles. The van der Waals surface area contributed by atoms with Gasteiger partial charge in [-0.2, -0.15) is 5.10 Å². The van der Waals surface area contributed by atoms with Crippen LogP contribution in [0.5, 0.6) is 0 Å². The molecule has 7 heteroatoms. The lowest BCUT2D eigenvalue weighted by atomic mass is 9.99. The monoisotopic (exact) mass is 341 g/mol. The van der Waals surface area contributed by atoms with Gasteiger partial charge in [-0.3, -0.25) is 13.8 Å². The maximum atomic E-state index is 12.1. The number of benzene rings is 1. The fraction of sp³-hybridized carbons (Fsp3) is 0.444. The van der Waals surface area contributed by atoms with Crippen LogP contribution in [0.1, 0.15) is 18.2 Å². The molecule has 1 aliphatic heterocycles. The van der Waals surface area contributed by atoms with Crippen LogP contribution >= 0.6 is 0 Å². The van der Waals surface area contributed by atoms with Gasteiger partial charge in [-0.25, -0.2) is 4.79 Å². The van der Waals surface area contributed by atoms with E-state index < -0.39 is 0 Å². The van der Waals surface area contributed by atoms with Gasteiger partial charge in [0.2, 0.25) is 0 Å². The van der Waals surface area contributed by atoms with E-state index in [1.54, 1.807) is 23.2 Å². The van der Waals surface area contributed by atoms with Gasteiger partial charge in [-0.1, -0.05) is 0 Å². The molecule has 2 aromatic heterocycles. The Labute approximate surface area is 145 Å². The minimum Gasteiger partial charge on any atom is -0.385 e. The molecule has 132 valence electrons. The molecule has 1 saturated heterocycles. The molecule has 7 nitrogen and oxygen atoms in total. The fourth-order valence-corrected chi connectivity index (χ4v) is 3.70. The maximum Gasteiger partial charge on any atom is 0.328 e. The average Bonchev–Trinajstić information content (AvgIpc) is 3.29. The lowest BCUT2D eigenvalue weighted by Gasteiger charge is -2.19. The fourth-order valence-electron chi connectivity index (χ4n) is 3.70. The summed E-state index contributed by atoms with van der Waals surface area (Å²) in [4.78, 5) is 12.1. The molecule has 1 aliphatic rings. The second-order valence-electron chi connectivity index (χ2n) is 6.70. The summed E-state index contributed by atoms with van der Waals surface area (Å²) < 4.78 is 11.2. The van der Waals surface area contributed by atoms with Crippen molar-refractivity contribution in [3.05, 3.63) is 46.6 Å². The number of aryl methyl sites for hydroxylation is 3. The van der Waals surface area contributed by atoms with E-state index in [9.17, 15) is 4.79 Å². The molecular formula is C18H23N5O2. The zero-order valence-electron chi connectivity index (χ0n) is 14.8. The number of aromatic nitrogens is 4. The molecule has 0 radical (unpaired) electrons. The molecule has 0 aliphatic carbocycles. The molecule has 3 heterocycles. The summed E-state index contributed by atoms with van der Waals surface area (Å²) in [7, 11) is 5.55. The lowest BCUT2D eigenvalue weighted by Crippen LogP contribution is -2.20. The number of fused-ring (bicyclic) bond motifs is 1. The number of nitrogens with one attached hydrogen (secondary N) is 1. The van der Waals surface area contributed by atoms with Crippen molar-refractivity contribution in [1.29, 1.82) is 0 Å². The van der Waals surface area contributed by atoms with E-state index in [-0.39, 0.29) is 11.8 Å². The quantitative estimate of drug-likeness (QED) is 0.786. The summed E-state index contributed by atoms with van der Waals surface area (Å²) in [5.74, 6) is 0.394. The Balaban J connectivity index is 1.53. The second-order valence-corrected chi connectivity index (χ2v) is 6.70. The van der Waals surface area contributed by atoms with E-state index in [1.807, 2.05) is 42.2 Å². The van der Waals surface area contributed by atoms with Gasteiger partial charge in [-0.15, -0.1) is 0 Å². The van der Waals surface area contributed by atoms with Crippen molar-refractivity contribution >= 4 is 16.7 Å². The van der Waals surface area contributed by atoms with E-state index in [0.717, 1.165) is 42.0 Å². The standard InChI is InChI=1S/C18H23N5O2/c1-21-14-5-4-13(10-16(14)22(2)18(21)24)19-11-12-7-9-25-17(12)15-6-8-20-23(15)3/h4-6,8,10,12,17,19H,7,9,11H2,1-3H3/t12-,17+/m0/s1. The van der Waals surface area contributed by atoms with E-state index in [0.29, 0.717) is 5.92 Å². The summed E-state index contributed by atoms with van der Waals surface area (Å²) in [5.41, 5.74) is 4.00. The van der Waals surface area contributed by atoms with Gasteiger partial charge >= 0.3 is 5.69 Å². The molecule has 4 rings (SSSR count). The average molecular weight is 341 g/mol. The zero-order valence-corrected chi connectivity index (χ0v) is 14.8. The number of ether oxygens (including phenoxy) is 1. The highest BCUT2D eigenvalue weighted by Crippen LogP contribution is 2.34. The predicted molar refractivity (Wildman–Crippen MR) is 96.7 cm³/mol. The van der Waals surface area contributed by atoms with Crippen molar-refractivity contribution < 1.29 is 4.74 Å². The van der Waals surface area contributed by atoms with Crippen LogP contribution in [0.15, 0.2) is 35.3 Å². The van der Waals surface area contributed by atoms with Crippen LogP contribution in [0, 0.1) is 5.92 Å². The van der Waals surface area contributed by atoms with Crippen molar-refractivity contribution in [3.8, 4) is 0 Å². The lowest BCUT2D eigenvalue weighted by molar-refractivity contribution is 0.0866. The Morgan fingerprint density at radius 3 is 2.76 bits per heavy atom. The van der Waals surface area contributed by atoms with Crippen LogP contribution in [0.4, 0.5) is 5.69 Å². The van der Waals surface area contributed by atoms with Crippen molar-refractivity contribution in [2.24, 2.45) is 27.1 Å². The highest BCUT2D eigenvalue weighted by atomic mass is 16.5. The predicted octanol–water partition coefficient (Wildman–Crippen LogP) is 1.80. The van der Waals surface area contributed by atoms with Gasteiger partial charge in [0.15, 0.2) is 0 Å². The van der Waals surface area contributed by atoms with Gasteiger partial charge in [0.05, 0.1) is 16.7 Å². The molecule has 25 heavy (non-hydrogen) atoms. The third-order valence-corrected chi connectivity index (χ3v) is 5.20. The molecule has 1 N–H and O–H groups in total. The highest BCUT2D eigenvalue weighted by Gasteiger charge is 2.31. The number of hydrogen-bond donors (Lipinski definition) is 1. The summed E-state index contributed by atoms with van der Waals surface area (Å²) in [6.07, 6.45) is 2.91. The summed E-state index contributed by atoms with van der Waals surface area (Å²) in [5, 5.41) is 7.76. The Bertz CT molecular complexity index is 968. The van der Waals surface area contributed by atoms with Crippen molar-refractivity contribution in [2.75, 3.05) is 18.5 Å². The molecular weight excluding hydrogens is 318 g/mol. The smallest absolute Gasteiger partial charge is 0.328 e. The van der Waals surface area contributed by atoms with Gasteiger partial charge in [0.1, 0.15) is 6.10 Å². The van der Waals surface area contributed by atoms with Crippen molar-refractivity contribution in [3.63, 3.8) is 0 Å². The largest absolute Gasteiger partial charge is 0.385 e. The number of anilines is 1. The minimum absolute atomic E-state index is 0.00684. The molecule has 0 bridgehead atoms. The molecule has 0 saturated carbocycles. The number of rotatable bonds is 4. The van der Waals surface area contributed by atoms with Gasteiger partial charge in [0.25, 0.3) is 0 Å². The van der Waals surface area contributed by atoms with Crippen molar-refractivity contribution in [2.45, 2.75) is 12.5 Å². The van der Waals surface area contributed by atoms with Crippen LogP contribution in [0.2, 0.25) is 0 Å². The second kappa shape index (κ2) is 6.07. The van der Waals surface area contributed by atoms with Gasteiger partial charge in [0, 0.05) is 52.1 Å². The van der Waals surface area contributed by atoms with Crippen LogP contribution in [0.25, 0.3) is 11.0 Å². The molecule has 1 fully saturated rings. The van der Waals surface area contributed by atoms with Crippen molar-refractivity contribution in [1.82, 2.24) is 18.9 Å². The highest BCUT2D eigenvalue weighted by molar-refractivity contribution is 5.80. The first-order valence-electron chi connectivity index (χ1n) is 8.55. The van der Waals surface area contributed by atoms with Crippen LogP contribution in [-0.2, 0) is 25.9 Å². The molecule has 2 atom stereocenters. The number of hydrogen-bond acceptors (Lipinski definition) is 4. The Kier molecular flexibility index (Phi) is 3.88. The Morgan fingerprint density at radius 1 is 1.20 bits per heavy atom. The van der Waals surface area contributed by atoms with Crippen LogP contribution in [0.3, 0.4) is 0 Å². The van der Waals surface area contributed by atoms with E-state index in [1.165, 1.54) is 0 Å². The first kappa shape index (κ1) is 16.0. The Hall–Kier alpha value is -2.54. The SMILES string of the molecule is Cn1nccc1[C@@H]1OCC[C@H]1CNc1ccc2c(c1)n(C)c(=O)n2C. The van der Waals surface area contributed by atoms with E-state index in [2.05, 4.69) is 10.4 Å². The molecule has 0 spiro atoms. The van der Waals surface area contributed by atoms with E-state index >= 15 is 0 Å². The van der Waals surface area contributed by atoms with Gasteiger partial charge in [-0.05, 0) is 30.7 Å². The third-order valence-electron chi connectivity index (χ3n) is 5.20. The summed E-state index contributed by atoms with van der Waals surface area (Å²) in [6, 6.07) is 8.07. The number of imidazole rings is 1. The first-order valence-corrected chi connectivity index (χ1v) is 8.55. The van der Waals surface area contributed by atoms with Gasteiger partial charge < -0.3 is 10.1 Å². The topological polar surface area (TPSA) is 66.0 Å². The van der Waals surface area contributed by atoms with E-state index in [4.69, 9.17) is 4.74 Å².